The van der Waals surface area contributed by atoms with Crippen LogP contribution in [-0.4, -0.2) is 0 Å². The molecule has 2 aromatic heterocycles. The molecule has 0 unspecified atom stereocenters. The van der Waals surface area contributed by atoms with Gasteiger partial charge in [-0.15, -0.1) is 22.7 Å². The molecule has 11 aromatic rings. The van der Waals surface area contributed by atoms with Crippen LogP contribution in [0.5, 0.6) is 0 Å². The van der Waals surface area contributed by atoms with Crippen LogP contribution in [0.4, 0.5) is 17.1 Å². The summed E-state index contributed by atoms with van der Waals surface area (Å²) in [5.41, 5.74) is 13.1. The van der Waals surface area contributed by atoms with E-state index in [2.05, 4.69) is 217 Å². The molecule has 0 bridgehead atoms. The topological polar surface area (TPSA) is 3.24 Å². The van der Waals surface area contributed by atoms with Crippen LogP contribution in [0.1, 0.15) is 22.3 Å². The van der Waals surface area contributed by atoms with Crippen LogP contribution in [0.15, 0.2) is 212 Å². The number of benzene rings is 9. The lowest BCUT2D eigenvalue weighted by Gasteiger charge is -2.34. The normalized spacial score (nSPS) is 13.0. The fraction of sp³-hybridized carbons (Fsp3) is 0.0182. The molecule has 9 aromatic carbocycles. The summed E-state index contributed by atoms with van der Waals surface area (Å²) < 4.78 is 5.24. The maximum Gasteiger partial charge on any atom is 0.0714 e. The lowest BCUT2D eigenvalue weighted by Crippen LogP contribution is -2.28. The van der Waals surface area contributed by atoms with E-state index >= 15 is 0 Å². The summed E-state index contributed by atoms with van der Waals surface area (Å²) >= 11 is 3.77. The zero-order chi connectivity index (χ0) is 38.2. The molecule has 2 heterocycles. The second kappa shape index (κ2) is 13.1. The van der Waals surface area contributed by atoms with Crippen LogP contribution in [0.2, 0.25) is 0 Å². The molecule has 0 aliphatic heterocycles. The van der Waals surface area contributed by atoms with E-state index in [9.17, 15) is 0 Å². The van der Waals surface area contributed by atoms with Crippen LogP contribution < -0.4 is 4.90 Å². The molecule has 272 valence electrons. The number of thiophene rings is 2. The van der Waals surface area contributed by atoms with Crippen molar-refractivity contribution < 1.29 is 0 Å². The third-order valence-corrected chi connectivity index (χ3v) is 14.6. The Morgan fingerprint density at radius 1 is 0.345 bits per heavy atom. The van der Waals surface area contributed by atoms with Crippen molar-refractivity contribution in [1.82, 2.24) is 0 Å². The third-order valence-electron chi connectivity index (χ3n) is 12.2. The molecule has 0 amide bonds. The highest BCUT2D eigenvalue weighted by atomic mass is 32.1. The summed E-state index contributed by atoms with van der Waals surface area (Å²) in [4.78, 5) is 2.53. The highest BCUT2D eigenvalue weighted by Crippen LogP contribution is 2.60. The van der Waals surface area contributed by atoms with E-state index in [0.717, 1.165) is 5.69 Å². The Kier molecular flexibility index (Phi) is 7.56. The van der Waals surface area contributed by atoms with E-state index in [1.165, 1.54) is 96.2 Å². The van der Waals surface area contributed by atoms with Gasteiger partial charge in [0, 0.05) is 46.9 Å². The molecule has 0 saturated heterocycles. The summed E-state index contributed by atoms with van der Waals surface area (Å²) in [6.45, 7) is 0. The van der Waals surface area contributed by atoms with E-state index in [1.54, 1.807) is 0 Å². The number of hydrogen-bond acceptors (Lipinski definition) is 3. The van der Waals surface area contributed by atoms with Crippen molar-refractivity contribution in [2.75, 3.05) is 4.90 Å². The minimum atomic E-state index is -0.494. The Morgan fingerprint density at radius 2 is 0.845 bits per heavy atom. The molecule has 3 heteroatoms. The standard InChI is InChI=1S/C55H35NS2/c1-3-16-37(17-4-1)55(38-18-5-2-6-19-38)46-26-10-7-22-45(46)52-47(55)27-15-28-48(52)56(49-29-14-25-44-42-21-9-12-31-51(42)58-54(44)49)39-34-32-36(33-35-39)40-23-13-24-43-41-20-8-11-30-50(41)57-53(40)43/h1-35H. The van der Waals surface area contributed by atoms with Gasteiger partial charge in [0.15, 0.2) is 0 Å². The highest BCUT2D eigenvalue weighted by Gasteiger charge is 2.47. The maximum absolute atomic E-state index is 2.53. The van der Waals surface area contributed by atoms with Gasteiger partial charge in [-0.2, -0.15) is 0 Å². The second-order valence-electron chi connectivity index (χ2n) is 15.1. The van der Waals surface area contributed by atoms with Gasteiger partial charge in [0.2, 0.25) is 0 Å². The summed E-state index contributed by atoms with van der Waals surface area (Å²) in [5.74, 6) is 0. The molecule has 58 heavy (non-hydrogen) atoms. The molecule has 0 radical (unpaired) electrons. The van der Waals surface area contributed by atoms with Crippen LogP contribution in [-0.2, 0) is 5.41 Å². The average molecular weight is 774 g/mol. The van der Waals surface area contributed by atoms with Gasteiger partial charge in [-0.3, -0.25) is 0 Å². The van der Waals surface area contributed by atoms with E-state index in [4.69, 9.17) is 0 Å². The summed E-state index contributed by atoms with van der Waals surface area (Å²) in [6.07, 6.45) is 0. The fourth-order valence-electron chi connectivity index (χ4n) is 9.74. The quantitative estimate of drug-likeness (QED) is 0.163. The van der Waals surface area contributed by atoms with E-state index in [-0.39, 0.29) is 0 Å². The molecule has 1 aliphatic rings. The molecule has 12 rings (SSSR count). The first-order valence-electron chi connectivity index (χ1n) is 19.8. The first-order valence-corrected chi connectivity index (χ1v) is 21.5. The molecule has 0 atom stereocenters. The van der Waals surface area contributed by atoms with Crippen molar-refractivity contribution in [2.45, 2.75) is 5.41 Å². The van der Waals surface area contributed by atoms with Crippen LogP contribution in [0.3, 0.4) is 0 Å². The minimum Gasteiger partial charge on any atom is -0.308 e. The van der Waals surface area contributed by atoms with Crippen molar-refractivity contribution in [3.05, 3.63) is 235 Å². The van der Waals surface area contributed by atoms with Crippen LogP contribution in [0, 0.1) is 0 Å². The van der Waals surface area contributed by atoms with Gasteiger partial charge in [0.1, 0.15) is 0 Å². The first-order chi connectivity index (χ1) is 28.8. The lowest BCUT2D eigenvalue weighted by molar-refractivity contribution is 0.768. The van der Waals surface area contributed by atoms with Crippen LogP contribution in [0.25, 0.3) is 62.6 Å². The van der Waals surface area contributed by atoms with E-state index in [0.29, 0.717) is 0 Å². The molecular weight excluding hydrogens is 739 g/mol. The molecule has 1 aliphatic carbocycles. The Hall–Kier alpha value is -6.78. The highest BCUT2D eigenvalue weighted by molar-refractivity contribution is 7.26. The summed E-state index contributed by atoms with van der Waals surface area (Å²) in [6, 6.07) is 78.7. The monoisotopic (exact) mass is 773 g/mol. The average Bonchev–Trinajstić information content (AvgIpc) is 3.97. The zero-order valence-electron chi connectivity index (χ0n) is 31.5. The Bertz CT molecular complexity index is 3300. The minimum absolute atomic E-state index is 0.494. The lowest BCUT2D eigenvalue weighted by atomic mass is 9.68. The van der Waals surface area contributed by atoms with Crippen LogP contribution >= 0.6 is 22.7 Å². The van der Waals surface area contributed by atoms with Gasteiger partial charge in [0.05, 0.1) is 21.5 Å². The van der Waals surface area contributed by atoms with Gasteiger partial charge in [-0.25, -0.2) is 0 Å². The Labute approximate surface area is 345 Å². The third kappa shape index (κ3) is 4.81. The molecule has 0 spiro atoms. The predicted molar refractivity (Wildman–Crippen MR) is 250 cm³/mol. The van der Waals surface area contributed by atoms with Crippen molar-refractivity contribution >= 4 is 80.1 Å². The Balaban J connectivity index is 1.13. The van der Waals surface area contributed by atoms with Gasteiger partial charge >= 0.3 is 0 Å². The van der Waals surface area contributed by atoms with Crippen molar-refractivity contribution in [2.24, 2.45) is 0 Å². The summed E-state index contributed by atoms with van der Waals surface area (Å²) in [7, 11) is 0. The number of fused-ring (bicyclic) bond motifs is 9. The second-order valence-corrected chi connectivity index (χ2v) is 17.2. The molecule has 0 N–H and O–H groups in total. The number of hydrogen-bond donors (Lipinski definition) is 0. The number of nitrogens with zero attached hydrogens (tertiary/aromatic N) is 1. The number of anilines is 3. The van der Waals surface area contributed by atoms with Gasteiger partial charge in [-0.05, 0) is 75.3 Å². The predicted octanol–water partition coefficient (Wildman–Crippen LogP) is 15.9. The maximum atomic E-state index is 2.53. The largest absolute Gasteiger partial charge is 0.308 e. The zero-order valence-corrected chi connectivity index (χ0v) is 33.1. The smallest absolute Gasteiger partial charge is 0.0714 e. The fourth-order valence-corrected chi connectivity index (χ4v) is 12.2. The Morgan fingerprint density at radius 3 is 1.55 bits per heavy atom. The molecule has 0 saturated carbocycles. The molecule has 0 fully saturated rings. The van der Waals surface area contributed by atoms with Crippen molar-refractivity contribution in [1.29, 1.82) is 0 Å². The van der Waals surface area contributed by atoms with Crippen molar-refractivity contribution in [3.63, 3.8) is 0 Å². The molecular formula is C55H35NS2. The van der Waals surface area contributed by atoms with Gasteiger partial charge in [0.25, 0.3) is 0 Å². The summed E-state index contributed by atoms with van der Waals surface area (Å²) in [5, 5.41) is 5.22. The first kappa shape index (κ1) is 33.4. The van der Waals surface area contributed by atoms with Gasteiger partial charge < -0.3 is 4.90 Å². The van der Waals surface area contributed by atoms with Gasteiger partial charge in [-0.1, -0.05) is 176 Å². The SMILES string of the molecule is c1ccc(C2(c3ccccc3)c3ccccc3-c3c(N(c4ccc(-c5cccc6c5sc5ccccc56)cc4)c4cccc5c4sc4ccccc45)cccc32)cc1. The van der Waals surface area contributed by atoms with E-state index < -0.39 is 5.41 Å². The van der Waals surface area contributed by atoms with E-state index in [1.807, 2.05) is 22.7 Å². The number of rotatable bonds is 6. The van der Waals surface area contributed by atoms with Crippen molar-refractivity contribution in [3.8, 4) is 22.3 Å². The molecule has 1 nitrogen and oxygen atoms in total.